The first-order chi connectivity index (χ1) is 10.1. The maximum Gasteiger partial charge on any atom is 0.146 e. The lowest BCUT2D eigenvalue weighted by molar-refractivity contribution is 0.472. The monoisotopic (exact) mass is 431 g/mol. The Labute approximate surface area is 147 Å². The second-order valence-electron chi connectivity index (χ2n) is 4.61. The molecule has 0 amide bonds. The largest absolute Gasteiger partial charge is 0.455 e. The summed E-state index contributed by atoms with van der Waals surface area (Å²) in [5.41, 5.74) is 1.09. The molecule has 0 aliphatic heterocycles. The summed E-state index contributed by atoms with van der Waals surface area (Å²) < 4.78 is 7.93. The van der Waals surface area contributed by atoms with Crippen LogP contribution in [0, 0.1) is 0 Å². The van der Waals surface area contributed by atoms with Gasteiger partial charge in [-0.3, -0.25) is 0 Å². The summed E-state index contributed by atoms with van der Waals surface area (Å²) in [6.45, 7) is 3.88. The molecule has 5 heteroatoms. The molecule has 0 heterocycles. The van der Waals surface area contributed by atoms with E-state index in [1.165, 1.54) is 0 Å². The zero-order valence-corrected chi connectivity index (χ0v) is 15.6. The van der Waals surface area contributed by atoms with E-state index in [0.29, 0.717) is 10.8 Å². The molecule has 2 aromatic rings. The average Bonchev–Trinajstić information content (AvgIpc) is 2.44. The van der Waals surface area contributed by atoms with E-state index in [9.17, 15) is 0 Å². The number of benzene rings is 2. The minimum Gasteiger partial charge on any atom is -0.455 e. The van der Waals surface area contributed by atoms with E-state index in [0.717, 1.165) is 39.8 Å². The first kappa shape index (κ1) is 16.8. The Bertz CT molecular complexity index is 619. The molecule has 1 N–H and O–H groups in total. The van der Waals surface area contributed by atoms with Crippen molar-refractivity contribution in [3.63, 3.8) is 0 Å². The van der Waals surface area contributed by atoms with Gasteiger partial charge in [-0.25, -0.2) is 0 Å². The summed E-state index contributed by atoms with van der Waals surface area (Å²) >= 11 is 13.1. The van der Waals surface area contributed by atoms with E-state index in [-0.39, 0.29) is 0 Å². The van der Waals surface area contributed by atoms with Crippen LogP contribution in [-0.4, -0.2) is 6.54 Å². The van der Waals surface area contributed by atoms with Gasteiger partial charge in [-0.2, -0.15) is 0 Å². The van der Waals surface area contributed by atoms with E-state index >= 15 is 0 Å². The van der Waals surface area contributed by atoms with Gasteiger partial charge >= 0.3 is 0 Å². The zero-order chi connectivity index (χ0) is 15.2. The zero-order valence-electron chi connectivity index (χ0n) is 11.6. The Balaban J connectivity index is 2.22. The van der Waals surface area contributed by atoms with E-state index in [1.54, 1.807) is 0 Å². The van der Waals surface area contributed by atoms with Crippen molar-refractivity contribution >= 4 is 43.5 Å². The highest BCUT2D eigenvalue weighted by Crippen LogP contribution is 2.34. The topological polar surface area (TPSA) is 21.3 Å². The molecule has 0 saturated heterocycles. The first-order valence-corrected chi connectivity index (χ1v) is 8.68. The Kier molecular flexibility index (Phi) is 6.55. The fraction of sp³-hybridized carbons (Fsp3) is 0.250. The van der Waals surface area contributed by atoms with Crippen LogP contribution in [0.2, 0.25) is 5.02 Å². The number of hydrogen-bond donors (Lipinski definition) is 1. The summed E-state index contributed by atoms with van der Waals surface area (Å²) in [7, 11) is 0. The van der Waals surface area contributed by atoms with Crippen LogP contribution in [0.3, 0.4) is 0 Å². The van der Waals surface area contributed by atoms with Gasteiger partial charge in [0.1, 0.15) is 11.5 Å². The Morgan fingerprint density at radius 3 is 2.38 bits per heavy atom. The minimum absolute atomic E-state index is 0.583. The van der Waals surface area contributed by atoms with Crippen molar-refractivity contribution in [1.29, 1.82) is 0 Å². The standard InChI is InChI=1S/C16H16Br2ClNO/c1-2-7-20-10-11-8-12(17)3-5-15(11)21-16-6-4-13(18)9-14(16)19/h3-6,8-9,20H,2,7,10H2,1H3. The molecular formula is C16H16Br2ClNO. The third-order valence-corrected chi connectivity index (χ3v) is 4.16. The SMILES string of the molecule is CCCNCc1cc(Br)ccc1Oc1ccc(Br)cc1Cl. The quantitative estimate of drug-likeness (QED) is 0.551. The van der Waals surface area contributed by atoms with Crippen LogP contribution in [-0.2, 0) is 6.54 Å². The van der Waals surface area contributed by atoms with E-state index in [2.05, 4.69) is 50.2 Å². The summed E-state index contributed by atoms with van der Waals surface area (Å²) in [6.07, 6.45) is 1.10. The molecule has 0 aliphatic rings. The van der Waals surface area contributed by atoms with Crippen LogP contribution < -0.4 is 10.1 Å². The lowest BCUT2D eigenvalue weighted by atomic mass is 10.2. The van der Waals surface area contributed by atoms with Gasteiger partial charge < -0.3 is 10.1 Å². The van der Waals surface area contributed by atoms with Gasteiger partial charge in [0, 0.05) is 21.1 Å². The van der Waals surface area contributed by atoms with E-state index in [4.69, 9.17) is 16.3 Å². The average molecular weight is 434 g/mol. The lowest BCUT2D eigenvalue weighted by Crippen LogP contribution is -2.14. The van der Waals surface area contributed by atoms with Crippen molar-refractivity contribution in [3.8, 4) is 11.5 Å². The smallest absolute Gasteiger partial charge is 0.146 e. The number of rotatable bonds is 6. The molecule has 0 aromatic heterocycles. The van der Waals surface area contributed by atoms with Crippen molar-refractivity contribution in [2.24, 2.45) is 0 Å². The summed E-state index contributed by atoms with van der Waals surface area (Å²) in [5, 5.41) is 3.97. The van der Waals surface area contributed by atoms with Crippen LogP contribution in [0.25, 0.3) is 0 Å². The van der Waals surface area contributed by atoms with Gasteiger partial charge in [0.05, 0.1) is 5.02 Å². The highest BCUT2D eigenvalue weighted by molar-refractivity contribution is 9.10. The Hall–Kier alpha value is -0.550. The molecule has 21 heavy (non-hydrogen) atoms. The van der Waals surface area contributed by atoms with Crippen LogP contribution in [0.4, 0.5) is 0 Å². The number of halogens is 3. The third kappa shape index (κ3) is 4.99. The summed E-state index contributed by atoms with van der Waals surface area (Å²) in [6, 6.07) is 11.6. The fourth-order valence-electron chi connectivity index (χ4n) is 1.86. The molecule has 0 atom stereocenters. The molecule has 0 saturated carbocycles. The molecule has 0 unspecified atom stereocenters. The Morgan fingerprint density at radius 2 is 1.71 bits per heavy atom. The third-order valence-electron chi connectivity index (χ3n) is 2.88. The summed E-state index contributed by atoms with van der Waals surface area (Å²) in [5.74, 6) is 1.46. The molecule has 2 rings (SSSR count). The highest BCUT2D eigenvalue weighted by Gasteiger charge is 2.09. The van der Waals surface area contributed by atoms with Crippen molar-refractivity contribution in [3.05, 3.63) is 55.9 Å². The van der Waals surface area contributed by atoms with E-state index < -0.39 is 0 Å². The van der Waals surface area contributed by atoms with Crippen LogP contribution >= 0.6 is 43.5 Å². The lowest BCUT2D eigenvalue weighted by Gasteiger charge is -2.13. The second-order valence-corrected chi connectivity index (χ2v) is 6.84. The van der Waals surface area contributed by atoms with Gasteiger partial charge in [-0.15, -0.1) is 0 Å². The van der Waals surface area contributed by atoms with Gasteiger partial charge in [0.15, 0.2) is 0 Å². The normalized spacial score (nSPS) is 10.7. The molecule has 112 valence electrons. The molecule has 0 radical (unpaired) electrons. The second kappa shape index (κ2) is 8.18. The predicted octanol–water partition coefficient (Wildman–Crippen LogP) is 6.16. The molecule has 2 aromatic carbocycles. The Morgan fingerprint density at radius 1 is 1.05 bits per heavy atom. The van der Waals surface area contributed by atoms with Gasteiger partial charge in [0.25, 0.3) is 0 Å². The van der Waals surface area contributed by atoms with Gasteiger partial charge in [0.2, 0.25) is 0 Å². The first-order valence-electron chi connectivity index (χ1n) is 6.72. The van der Waals surface area contributed by atoms with Crippen molar-refractivity contribution < 1.29 is 4.74 Å². The molecule has 2 nitrogen and oxygen atoms in total. The summed E-state index contributed by atoms with van der Waals surface area (Å²) in [4.78, 5) is 0. The molecular weight excluding hydrogens is 417 g/mol. The number of ether oxygens (including phenoxy) is 1. The maximum atomic E-state index is 6.21. The fourth-order valence-corrected chi connectivity index (χ4v) is 2.98. The van der Waals surface area contributed by atoms with Crippen LogP contribution in [0.5, 0.6) is 11.5 Å². The van der Waals surface area contributed by atoms with Crippen LogP contribution in [0.1, 0.15) is 18.9 Å². The molecule has 0 bridgehead atoms. The minimum atomic E-state index is 0.583. The number of hydrogen-bond acceptors (Lipinski definition) is 2. The van der Waals surface area contributed by atoms with Crippen LogP contribution in [0.15, 0.2) is 45.3 Å². The molecule has 0 spiro atoms. The van der Waals surface area contributed by atoms with Gasteiger partial charge in [-0.1, -0.05) is 50.4 Å². The number of nitrogens with one attached hydrogen (secondary N) is 1. The van der Waals surface area contributed by atoms with Crippen molar-refractivity contribution in [2.45, 2.75) is 19.9 Å². The molecule has 0 fully saturated rings. The highest BCUT2D eigenvalue weighted by atomic mass is 79.9. The van der Waals surface area contributed by atoms with Gasteiger partial charge in [-0.05, 0) is 49.4 Å². The predicted molar refractivity (Wildman–Crippen MR) is 95.4 cm³/mol. The van der Waals surface area contributed by atoms with Crippen molar-refractivity contribution in [2.75, 3.05) is 6.54 Å². The van der Waals surface area contributed by atoms with Crippen molar-refractivity contribution in [1.82, 2.24) is 5.32 Å². The van der Waals surface area contributed by atoms with E-state index in [1.807, 2.05) is 30.3 Å². The molecule has 0 aliphatic carbocycles. The maximum absolute atomic E-state index is 6.21.